The molecule has 0 radical (unpaired) electrons. The Hall–Kier alpha value is -1.87. The van der Waals surface area contributed by atoms with Crippen LogP contribution in [0.4, 0.5) is 10.1 Å². The van der Waals surface area contributed by atoms with Crippen LogP contribution < -0.4 is 5.32 Å². The zero-order valence-corrected chi connectivity index (χ0v) is 14.6. The summed E-state index contributed by atoms with van der Waals surface area (Å²) in [7, 11) is 0. The van der Waals surface area contributed by atoms with Crippen molar-refractivity contribution in [3.8, 4) is 5.75 Å². The van der Waals surface area contributed by atoms with Crippen molar-refractivity contribution in [1.29, 1.82) is 0 Å². The van der Waals surface area contributed by atoms with Crippen LogP contribution in [0.25, 0.3) is 6.08 Å². The molecule has 23 heavy (non-hydrogen) atoms. The van der Waals surface area contributed by atoms with Gasteiger partial charge in [0, 0.05) is 0 Å². The summed E-state index contributed by atoms with van der Waals surface area (Å²) in [6.07, 6.45) is 1.73. The molecular weight excluding hydrogens is 430 g/mol. The van der Waals surface area contributed by atoms with Gasteiger partial charge in [-0.3, -0.25) is 4.79 Å². The number of phenolic OH excluding ortho intramolecular Hbond substituents is 1. The highest BCUT2D eigenvalue weighted by Gasteiger charge is 2.23. The van der Waals surface area contributed by atoms with E-state index in [0.29, 0.717) is 19.3 Å². The summed E-state index contributed by atoms with van der Waals surface area (Å²) in [5.41, 5.74) is 1.38. The van der Waals surface area contributed by atoms with Gasteiger partial charge >= 0.3 is 0 Å². The fraction of sp³-hybridized carbons (Fsp3) is 0. The van der Waals surface area contributed by atoms with Crippen LogP contribution in [0.15, 0.2) is 52.4 Å². The van der Waals surface area contributed by atoms with Gasteiger partial charge in [-0.15, -0.1) is 0 Å². The fourth-order valence-electron chi connectivity index (χ4n) is 1.88. The minimum atomic E-state index is -0.334. The summed E-state index contributed by atoms with van der Waals surface area (Å²) >= 11 is 3.24. The molecule has 0 unspecified atom stereocenters. The minimum absolute atomic E-state index is 0.204. The normalized spacial score (nSPS) is 17.7. The van der Waals surface area contributed by atoms with E-state index < -0.39 is 0 Å². The smallest absolute Gasteiger partial charge is 0.264 e. The maximum Gasteiger partial charge on any atom is 0.264 e. The van der Waals surface area contributed by atoms with Crippen LogP contribution in [-0.2, 0) is 4.79 Å². The van der Waals surface area contributed by atoms with Gasteiger partial charge in [0.15, 0.2) is 5.17 Å². The number of halogens is 2. The molecular formula is C16H10FIN2O2S. The molecule has 7 heteroatoms. The molecule has 116 valence electrons. The molecule has 2 aromatic rings. The van der Waals surface area contributed by atoms with Gasteiger partial charge in [-0.1, -0.05) is 6.07 Å². The number of thioether (sulfide) groups is 1. The van der Waals surface area contributed by atoms with E-state index in [-0.39, 0.29) is 17.5 Å². The summed E-state index contributed by atoms with van der Waals surface area (Å²) in [6.45, 7) is 0. The molecule has 0 saturated carbocycles. The van der Waals surface area contributed by atoms with Crippen LogP contribution in [0.3, 0.4) is 0 Å². The highest BCUT2D eigenvalue weighted by atomic mass is 127. The SMILES string of the molecule is O=C1NC(=Nc2ccc(F)cc2)SC1=Cc1ccc(O)c(I)c1. The van der Waals surface area contributed by atoms with Gasteiger partial charge in [-0.25, -0.2) is 9.38 Å². The van der Waals surface area contributed by atoms with Crippen LogP contribution in [0.1, 0.15) is 5.56 Å². The lowest BCUT2D eigenvalue weighted by Crippen LogP contribution is -2.19. The average molecular weight is 440 g/mol. The molecule has 0 spiro atoms. The van der Waals surface area contributed by atoms with Crippen LogP contribution in [0.5, 0.6) is 5.75 Å². The van der Waals surface area contributed by atoms with Crippen molar-refractivity contribution < 1.29 is 14.3 Å². The first-order valence-corrected chi connectivity index (χ1v) is 8.44. The molecule has 2 aromatic carbocycles. The standard InChI is InChI=1S/C16H10FIN2O2S/c17-10-2-4-11(5-3-10)19-16-20-15(22)14(23-16)8-9-1-6-13(21)12(18)7-9/h1-8,21H,(H,19,20,22). The average Bonchev–Trinajstić information content (AvgIpc) is 2.85. The van der Waals surface area contributed by atoms with Crippen LogP contribution in [-0.4, -0.2) is 16.2 Å². The van der Waals surface area contributed by atoms with E-state index >= 15 is 0 Å². The van der Waals surface area contributed by atoms with Crippen molar-refractivity contribution in [2.75, 3.05) is 0 Å². The minimum Gasteiger partial charge on any atom is -0.507 e. The Bertz CT molecular complexity index is 834. The third-order valence-corrected chi connectivity index (χ3v) is 4.75. The van der Waals surface area contributed by atoms with Crippen molar-refractivity contribution in [3.63, 3.8) is 0 Å². The van der Waals surface area contributed by atoms with Crippen molar-refractivity contribution in [2.45, 2.75) is 0 Å². The van der Waals surface area contributed by atoms with Crippen molar-refractivity contribution in [3.05, 3.63) is 62.3 Å². The van der Waals surface area contributed by atoms with Gasteiger partial charge in [-0.05, 0) is 82.4 Å². The Morgan fingerprint density at radius 3 is 2.65 bits per heavy atom. The number of hydrogen-bond donors (Lipinski definition) is 2. The molecule has 1 aliphatic rings. The summed E-state index contributed by atoms with van der Waals surface area (Å²) in [5, 5.41) is 12.6. The predicted molar refractivity (Wildman–Crippen MR) is 98.0 cm³/mol. The lowest BCUT2D eigenvalue weighted by atomic mass is 10.2. The number of nitrogens with one attached hydrogen (secondary N) is 1. The van der Waals surface area contributed by atoms with Crippen LogP contribution in [0, 0.1) is 9.39 Å². The van der Waals surface area contributed by atoms with E-state index in [1.807, 2.05) is 22.6 Å². The predicted octanol–water partition coefficient (Wildman–Crippen LogP) is 4.03. The molecule has 1 heterocycles. The Kier molecular flexibility index (Phi) is 4.67. The largest absolute Gasteiger partial charge is 0.507 e. The maximum atomic E-state index is 12.9. The first kappa shape index (κ1) is 16.0. The van der Waals surface area contributed by atoms with Gasteiger partial charge in [0.1, 0.15) is 11.6 Å². The Morgan fingerprint density at radius 1 is 1.22 bits per heavy atom. The number of amidine groups is 1. The summed E-state index contributed by atoms with van der Waals surface area (Å²) in [6, 6.07) is 10.8. The number of aliphatic imine (C=N–C) groups is 1. The lowest BCUT2D eigenvalue weighted by molar-refractivity contribution is -0.115. The summed E-state index contributed by atoms with van der Waals surface area (Å²) in [4.78, 5) is 16.8. The van der Waals surface area contributed by atoms with Crippen LogP contribution in [0.2, 0.25) is 0 Å². The van der Waals surface area contributed by atoms with E-state index in [1.165, 1.54) is 23.9 Å². The zero-order chi connectivity index (χ0) is 16.4. The van der Waals surface area contributed by atoms with Gasteiger partial charge < -0.3 is 10.4 Å². The van der Waals surface area contributed by atoms with E-state index in [1.54, 1.807) is 36.4 Å². The van der Waals surface area contributed by atoms with E-state index in [4.69, 9.17) is 0 Å². The third kappa shape index (κ3) is 3.91. The highest BCUT2D eigenvalue weighted by molar-refractivity contribution is 14.1. The molecule has 0 bridgehead atoms. The fourth-order valence-corrected chi connectivity index (χ4v) is 3.26. The summed E-state index contributed by atoms with van der Waals surface area (Å²) in [5.74, 6) is -0.367. The topological polar surface area (TPSA) is 61.7 Å². The maximum absolute atomic E-state index is 12.9. The second-order valence-corrected chi connectivity index (χ2v) is 6.86. The summed E-state index contributed by atoms with van der Waals surface area (Å²) < 4.78 is 13.6. The number of aromatic hydroxyl groups is 1. The number of carbonyl (C=O) groups excluding carboxylic acids is 1. The Morgan fingerprint density at radius 2 is 1.96 bits per heavy atom. The first-order chi connectivity index (χ1) is 11.0. The Balaban J connectivity index is 1.83. The van der Waals surface area contributed by atoms with Gasteiger partial charge in [-0.2, -0.15) is 0 Å². The first-order valence-electron chi connectivity index (χ1n) is 6.55. The number of phenols is 1. The molecule has 4 nitrogen and oxygen atoms in total. The van der Waals surface area contributed by atoms with Crippen molar-refractivity contribution >= 4 is 57.2 Å². The molecule has 2 N–H and O–H groups in total. The second kappa shape index (κ2) is 6.71. The van der Waals surface area contributed by atoms with Crippen molar-refractivity contribution in [1.82, 2.24) is 5.32 Å². The lowest BCUT2D eigenvalue weighted by Gasteiger charge is -1.99. The van der Waals surface area contributed by atoms with Crippen LogP contribution >= 0.6 is 34.4 Å². The van der Waals surface area contributed by atoms with E-state index in [0.717, 1.165) is 5.56 Å². The molecule has 0 aromatic heterocycles. The van der Waals surface area contributed by atoms with Gasteiger partial charge in [0.2, 0.25) is 0 Å². The van der Waals surface area contributed by atoms with E-state index in [2.05, 4.69) is 10.3 Å². The molecule has 3 rings (SSSR count). The number of amides is 1. The zero-order valence-electron chi connectivity index (χ0n) is 11.6. The third-order valence-electron chi connectivity index (χ3n) is 2.98. The number of hydrogen-bond acceptors (Lipinski definition) is 4. The highest BCUT2D eigenvalue weighted by Crippen LogP contribution is 2.29. The Labute approximate surface area is 149 Å². The molecule has 1 amide bonds. The van der Waals surface area contributed by atoms with E-state index in [9.17, 15) is 14.3 Å². The number of carbonyl (C=O) groups is 1. The quantitative estimate of drug-likeness (QED) is 0.548. The monoisotopic (exact) mass is 440 g/mol. The molecule has 1 aliphatic heterocycles. The number of nitrogens with zero attached hydrogens (tertiary/aromatic N) is 1. The molecule has 1 saturated heterocycles. The second-order valence-electron chi connectivity index (χ2n) is 4.67. The number of benzene rings is 2. The van der Waals surface area contributed by atoms with Gasteiger partial charge in [0.25, 0.3) is 5.91 Å². The van der Waals surface area contributed by atoms with Crippen molar-refractivity contribution in [2.24, 2.45) is 4.99 Å². The molecule has 0 atom stereocenters. The number of rotatable bonds is 2. The molecule has 1 fully saturated rings. The van der Waals surface area contributed by atoms with Gasteiger partial charge in [0.05, 0.1) is 14.2 Å². The molecule has 0 aliphatic carbocycles.